The molecule has 0 heterocycles. The first-order valence-electron chi connectivity index (χ1n) is 5.05. The van der Waals surface area contributed by atoms with Gasteiger partial charge >= 0.3 is 0 Å². The largest absolute Gasteiger partial charge is 0.461 e. The Morgan fingerprint density at radius 3 is 2.29 bits per heavy atom. The van der Waals surface area contributed by atoms with Crippen molar-refractivity contribution in [1.29, 1.82) is 0 Å². The van der Waals surface area contributed by atoms with Gasteiger partial charge in [-0.25, -0.2) is 0 Å². The highest BCUT2D eigenvalue weighted by Crippen LogP contribution is 2.30. The first-order chi connectivity index (χ1) is 7.75. The second kappa shape index (κ2) is 5.00. The molecule has 17 heavy (non-hydrogen) atoms. The number of benzene rings is 1. The van der Waals surface area contributed by atoms with Crippen LogP contribution in [0.5, 0.6) is 0 Å². The van der Waals surface area contributed by atoms with Gasteiger partial charge in [0, 0.05) is 10.7 Å². The van der Waals surface area contributed by atoms with E-state index >= 15 is 0 Å². The van der Waals surface area contributed by atoms with Gasteiger partial charge in [-0.3, -0.25) is 4.79 Å². The maximum Gasteiger partial charge on any atom is 0.296 e. The number of esters is 1. The summed E-state index contributed by atoms with van der Waals surface area (Å²) in [5.41, 5.74) is -1.27. The predicted octanol–water partition coefficient (Wildman–Crippen LogP) is 0.0600. The molecule has 6 heteroatoms. The van der Waals surface area contributed by atoms with E-state index in [0.29, 0.717) is 0 Å². The van der Waals surface area contributed by atoms with Crippen molar-refractivity contribution in [2.75, 3.05) is 0 Å². The van der Waals surface area contributed by atoms with Gasteiger partial charge in [-0.15, -0.1) is 0 Å². The summed E-state index contributed by atoms with van der Waals surface area (Å²) >= 11 is 0. The van der Waals surface area contributed by atoms with E-state index in [0.717, 1.165) is 12.5 Å². The maximum atomic E-state index is 11.6. The third-order valence-corrected chi connectivity index (χ3v) is 2.39. The van der Waals surface area contributed by atoms with Gasteiger partial charge in [-0.2, -0.15) is 0 Å². The van der Waals surface area contributed by atoms with Crippen LogP contribution in [0.15, 0.2) is 30.3 Å². The molecule has 0 amide bonds. The van der Waals surface area contributed by atoms with E-state index in [1.165, 1.54) is 0 Å². The van der Waals surface area contributed by atoms with Crippen LogP contribution in [0.2, 0.25) is 5.21 Å². The van der Waals surface area contributed by atoms with E-state index in [-0.39, 0.29) is 6.61 Å². The zero-order valence-electron chi connectivity index (χ0n) is 9.59. The van der Waals surface area contributed by atoms with E-state index in [9.17, 15) is 9.90 Å². The van der Waals surface area contributed by atoms with Crippen LogP contribution in [0, 0.1) is 0 Å². The van der Waals surface area contributed by atoms with Gasteiger partial charge < -0.3 is 9.84 Å². The molecule has 1 aromatic rings. The van der Waals surface area contributed by atoms with Gasteiger partial charge in [-0.1, -0.05) is 30.3 Å². The van der Waals surface area contributed by atoms with Crippen LogP contribution in [-0.4, -0.2) is 40.1 Å². The summed E-state index contributed by atoms with van der Waals surface area (Å²) in [5, 5.41) is 7.29. The summed E-state index contributed by atoms with van der Waals surface area (Å²) < 4.78 is 4.89. The molecule has 0 fully saturated rings. The lowest BCUT2D eigenvalue weighted by molar-refractivity contribution is -0.149. The molecule has 0 saturated heterocycles. The van der Waals surface area contributed by atoms with Crippen LogP contribution in [-0.2, 0) is 16.1 Å². The van der Waals surface area contributed by atoms with E-state index in [1.54, 1.807) is 24.3 Å². The van der Waals surface area contributed by atoms with E-state index in [4.69, 9.17) is 28.3 Å². The Labute approximate surface area is 105 Å². The molecule has 0 bridgehead atoms. The molecule has 1 N–H and O–H groups in total. The smallest absolute Gasteiger partial charge is 0.296 e. The second-order valence-corrected chi connectivity index (χ2v) is 4.08. The lowest BCUT2D eigenvalue weighted by atomic mass is 9.41. The van der Waals surface area contributed by atoms with Crippen LogP contribution < -0.4 is 0 Å². The highest BCUT2D eigenvalue weighted by atomic mass is 16.5. The van der Waals surface area contributed by atoms with Crippen molar-refractivity contribution in [2.45, 2.75) is 24.2 Å². The van der Waals surface area contributed by atoms with Crippen LogP contribution >= 0.6 is 0 Å². The number of hydrogen-bond donors (Lipinski definition) is 1. The van der Waals surface area contributed by atoms with Crippen LogP contribution in [0.3, 0.4) is 0 Å². The normalized spacial score (nSPS) is 14.9. The molecular formula is C11H11B3O3. The molecular weight excluding hydrogens is 213 g/mol. The third kappa shape index (κ3) is 3.40. The zero-order valence-corrected chi connectivity index (χ0v) is 9.59. The lowest BCUT2D eigenvalue weighted by Crippen LogP contribution is -2.47. The number of ether oxygens (including phenoxy) is 1. The SMILES string of the molecule is [B]C([B])(C(=O)OCc1ccccc1)[C@@]([B])(C)O. The van der Waals surface area contributed by atoms with E-state index in [2.05, 4.69) is 0 Å². The van der Waals surface area contributed by atoms with Crippen molar-refractivity contribution in [3.63, 3.8) is 0 Å². The van der Waals surface area contributed by atoms with Crippen molar-refractivity contribution in [2.24, 2.45) is 0 Å². The first kappa shape index (κ1) is 13.9. The van der Waals surface area contributed by atoms with Gasteiger partial charge in [0.05, 0.1) is 15.7 Å². The summed E-state index contributed by atoms with van der Waals surface area (Å²) in [6, 6.07) is 9.01. The number of carbonyl (C=O) groups is 1. The Balaban J connectivity index is 2.62. The fraction of sp³-hybridized carbons (Fsp3) is 0.364. The Kier molecular flexibility index (Phi) is 4.09. The number of hydrogen-bond acceptors (Lipinski definition) is 3. The summed E-state index contributed by atoms with van der Waals surface area (Å²) in [6.45, 7) is 1.16. The zero-order chi connectivity index (χ0) is 13.1. The maximum absolute atomic E-state index is 11.6. The Hall–Kier alpha value is -1.16. The highest BCUT2D eigenvalue weighted by molar-refractivity contribution is 6.54. The van der Waals surface area contributed by atoms with Crippen molar-refractivity contribution < 1.29 is 14.6 Å². The molecule has 82 valence electrons. The number of aliphatic hydroxyl groups is 1. The third-order valence-electron chi connectivity index (χ3n) is 2.39. The number of rotatable bonds is 4. The minimum atomic E-state index is -2.15. The molecule has 6 radical (unpaired) electrons. The molecule has 0 aliphatic heterocycles. The molecule has 1 rings (SSSR count). The lowest BCUT2D eigenvalue weighted by Gasteiger charge is -2.36. The summed E-state index contributed by atoms with van der Waals surface area (Å²) in [4.78, 5) is 11.6. The van der Waals surface area contributed by atoms with Crippen molar-refractivity contribution >= 4 is 29.5 Å². The van der Waals surface area contributed by atoms with Crippen LogP contribution in [0.25, 0.3) is 0 Å². The highest BCUT2D eigenvalue weighted by Gasteiger charge is 2.41. The molecule has 3 nitrogen and oxygen atoms in total. The Bertz CT molecular complexity index is 385. The van der Waals surface area contributed by atoms with Crippen molar-refractivity contribution in [1.82, 2.24) is 0 Å². The average molecular weight is 224 g/mol. The van der Waals surface area contributed by atoms with Gasteiger partial charge in [0.25, 0.3) is 5.97 Å². The second-order valence-electron chi connectivity index (χ2n) is 4.08. The molecule has 0 unspecified atom stereocenters. The first-order valence-corrected chi connectivity index (χ1v) is 5.05. The summed E-state index contributed by atoms with van der Waals surface area (Å²) in [6.07, 6.45) is 0. The minimum absolute atomic E-state index is 0.0197. The summed E-state index contributed by atoms with van der Waals surface area (Å²) in [7, 11) is 16.1. The van der Waals surface area contributed by atoms with Gasteiger partial charge in [0.1, 0.15) is 14.5 Å². The fourth-order valence-corrected chi connectivity index (χ4v) is 1.05. The molecule has 0 aromatic heterocycles. The van der Waals surface area contributed by atoms with Crippen LogP contribution in [0.4, 0.5) is 0 Å². The predicted molar refractivity (Wildman–Crippen MR) is 66.8 cm³/mol. The van der Waals surface area contributed by atoms with Gasteiger partial charge in [0.15, 0.2) is 0 Å². The minimum Gasteiger partial charge on any atom is -0.461 e. The molecule has 0 saturated carbocycles. The topological polar surface area (TPSA) is 46.5 Å². The average Bonchev–Trinajstić information content (AvgIpc) is 2.25. The molecule has 0 aliphatic rings. The molecule has 0 aliphatic carbocycles. The standard InChI is InChI=1S/C11H11B3O3/c1-10(12,16)11(13,14)9(15)17-7-8-5-3-2-4-6-8/h2-6,16H,7H2,1H3/t10-/m1/s1. The molecule has 1 aromatic carbocycles. The monoisotopic (exact) mass is 224 g/mol. The van der Waals surface area contributed by atoms with E-state index < -0.39 is 16.7 Å². The van der Waals surface area contributed by atoms with Gasteiger partial charge in [0.2, 0.25) is 0 Å². The summed E-state index contributed by atoms with van der Waals surface area (Å²) in [5.74, 6) is -0.964. The Morgan fingerprint density at radius 1 is 1.29 bits per heavy atom. The Morgan fingerprint density at radius 2 is 1.82 bits per heavy atom. The fourth-order valence-electron chi connectivity index (χ4n) is 1.05. The van der Waals surface area contributed by atoms with Gasteiger partial charge in [-0.05, 0) is 12.5 Å². The van der Waals surface area contributed by atoms with Crippen LogP contribution in [0.1, 0.15) is 12.5 Å². The van der Waals surface area contributed by atoms with Crippen molar-refractivity contribution in [3.05, 3.63) is 35.9 Å². The molecule has 0 spiro atoms. The van der Waals surface area contributed by atoms with Crippen molar-refractivity contribution in [3.8, 4) is 0 Å². The number of carbonyl (C=O) groups excluding carboxylic acids is 1. The quantitative estimate of drug-likeness (QED) is 0.580. The van der Waals surface area contributed by atoms with E-state index in [1.807, 2.05) is 6.07 Å². The molecule has 1 atom stereocenters.